The van der Waals surface area contributed by atoms with Gasteiger partial charge in [-0.25, -0.2) is 13.9 Å². The van der Waals surface area contributed by atoms with Gasteiger partial charge in [0.2, 0.25) is 0 Å². The van der Waals surface area contributed by atoms with Gasteiger partial charge in [0.1, 0.15) is 5.82 Å². The number of fused-ring (bicyclic) bond motifs is 2. The average Bonchev–Trinajstić information content (AvgIpc) is 3.61. The number of nitrogens with zero attached hydrogens (tertiary/aromatic N) is 6. The summed E-state index contributed by atoms with van der Waals surface area (Å²) in [5.74, 6) is 2.05. The summed E-state index contributed by atoms with van der Waals surface area (Å²) in [5.41, 5.74) is 8.10. The molecule has 0 radical (unpaired) electrons. The first-order valence-corrected chi connectivity index (χ1v) is 11.3. The molecular weight excluding hydrogens is 400 g/mol. The van der Waals surface area contributed by atoms with Crippen molar-refractivity contribution in [3.63, 3.8) is 0 Å². The molecule has 1 fully saturated rings. The number of hydrogen-bond acceptors (Lipinski definition) is 5. The van der Waals surface area contributed by atoms with Gasteiger partial charge in [0.05, 0.1) is 0 Å². The molecule has 0 saturated heterocycles. The Kier molecular flexibility index (Phi) is 4.22. The summed E-state index contributed by atoms with van der Waals surface area (Å²) in [7, 11) is 1.66. The molecule has 32 heavy (non-hydrogen) atoms. The third-order valence-corrected chi connectivity index (χ3v) is 6.96. The number of hydrogen-bond donors (Lipinski definition) is 0. The highest BCUT2D eigenvalue weighted by Crippen LogP contribution is 2.44. The largest absolute Gasteiger partial charge is 0.351 e. The van der Waals surface area contributed by atoms with Crippen molar-refractivity contribution in [2.45, 2.75) is 45.6 Å². The van der Waals surface area contributed by atoms with Crippen LogP contribution in [0.25, 0.3) is 16.9 Å². The monoisotopic (exact) mass is 426 g/mol. The molecule has 1 saturated carbocycles. The summed E-state index contributed by atoms with van der Waals surface area (Å²) in [5, 5.41) is 4.32. The van der Waals surface area contributed by atoms with Gasteiger partial charge in [-0.1, -0.05) is 24.3 Å². The molecule has 2 aliphatic rings. The lowest BCUT2D eigenvalue weighted by atomic mass is 9.95. The van der Waals surface area contributed by atoms with Gasteiger partial charge in [-0.2, -0.15) is 4.98 Å². The fourth-order valence-electron chi connectivity index (χ4n) is 4.90. The van der Waals surface area contributed by atoms with E-state index >= 15 is 0 Å². The zero-order chi connectivity index (χ0) is 22.0. The fraction of sp³-hybridized carbons (Fsp3) is 0.360. The Balaban J connectivity index is 1.39. The molecule has 4 aromatic rings. The van der Waals surface area contributed by atoms with Crippen molar-refractivity contribution in [3.8, 4) is 11.1 Å². The molecule has 0 amide bonds. The Morgan fingerprint density at radius 1 is 1.12 bits per heavy atom. The van der Waals surface area contributed by atoms with E-state index in [-0.39, 0.29) is 5.69 Å². The van der Waals surface area contributed by atoms with Crippen molar-refractivity contribution in [1.82, 2.24) is 24.1 Å². The Morgan fingerprint density at radius 3 is 2.75 bits per heavy atom. The van der Waals surface area contributed by atoms with Crippen LogP contribution < -0.4 is 10.6 Å². The van der Waals surface area contributed by atoms with E-state index in [4.69, 9.17) is 9.97 Å². The minimum Gasteiger partial charge on any atom is -0.351 e. The maximum Gasteiger partial charge on any atom is 0.351 e. The molecular formula is C25H26N6O. The summed E-state index contributed by atoms with van der Waals surface area (Å²) in [6.45, 7) is 5.59. The van der Waals surface area contributed by atoms with Crippen LogP contribution in [0, 0.1) is 13.8 Å². The quantitative estimate of drug-likeness (QED) is 0.501. The van der Waals surface area contributed by atoms with Crippen LogP contribution in [0.15, 0.2) is 41.3 Å². The van der Waals surface area contributed by atoms with Crippen LogP contribution in [0.2, 0.25) is 0 Å². The molecule has 0 spiro atoms. The molecule has 1 aliphatic carbocycles. The molecule has 1 aliphatic heterocycles. The molecule has 0 bridgehead atoms. The molecule has 4 heterocycles. The van der Waals surface area contributed by atoms with Gasteiger partial charge < -0.3 is 4.90 Å². The maximum atomic E-state index is 12.4. The summed E-state index contributed by atoms with van der Waals surface area (Å²) in [6.07, 6.45) is 5.48. The molecule has 7 nitrogen and oxygen atoms in total. The fourth-order valence-corrected chi connectivity index (χ4v) is 4.90. The third-order valence-electron chi connectivity index (χ3n) is 6.96. The first kappa shape index (κ1) is 19.2. The molecule has 162 valence electrons. The predicted molar refractivity (Wildman–Crippen MR) is 124 cm³/mol. The van der Waals surface area contributed by atoms with Crippen molar-refractivity contribution in [3.05, 3.63) is 75.1 Å². The molecule has 0 N–H and O–H groups in total. The Labute approximate surface area is 186 Å². The first-order chi connectivity index (χ1) is 15.5. The van der Waals surface area contributed by atoms with E-state index in [0.717, 1.165) is 36.6 Å². The van der Waals surface area contributed by atoms with Crippen LogP contribution in [0.1, 0.15) is 46.8 Å². The molecule has 3 aromatic heterocycles. The zero-order valence-corrected chi connectivity index (χ0v) is 18.7. The van der Waals surface area contributed by atoms with Gasteiger partial charge >= 0.3 is 5.69 Å². The standard InChI is InChI=1S/C25H26N6O/c1-15-16(2)31-24(28-29(3)25(31)32)27-23(15)30-11-10-22-19(14-30)12-18(13-26-22)21-7-5-4-6-20(21)17-8-9-17/h4-7,12-13,17H,8-11,14H2,1-3H3. The van der Waals surface area contributed by atoms with Gasteiger partial charge in [-0.3, -0.25) is 4.98 Å². The van der Waals surface area contributed by atoms with E-state index in [1.54, 1.807) is 11.4 Å². The predicted octanol–water partition coefficient (Wildman–Crippen LogP) is 3.55. The second-order valence-corrected chi connectivity index (χ2v) is 9.05. The van der Waals surface area contributed by atoms with Crippen LogP contribution in [0.3, 0.4) is 0 Å². The smallest absolute Gasteiger partial charge is 0.351 e. The summed E-state index contributed by atoms with van der Waals surface area (Å²) in [6, 6.07) is 11.0. The topological polar surface area (TPSA) is 68.3 Å². The lowest BCUT2D eigenvalue weighted by molar-refractivity contribution is 0.698. The first-order valence-electron chi connectivity index (χ1n) is 11.3. The van der Waals surface area contributed by atoms with Gasteiger partial charge in [-0.05, 0) is 55.4 Å². The van der Waals surface area contributed by atoms with E-state index < -0.39 is 0 Å². The minimum absolute atomic E-state index is 0.160. The molecule has 0 unspecified atom stereocenters. The summed E-state index contributed by atoms with van der Waals surface area (Å²) >= 11 is 0. The van der Waals surface area contributed by atoms with Crippen molar-refractivity contribution >= 4 is 11.6 Å². The van der Waals surface area contributed by atoms with E-state index in [1.807, 2.05) is 20.0 Å². The summed E-state index contributed by atoms with van der Waals surface area (Å²) in [4.78, 5) is 24.3. The number of pyridine rings is 1. The Bertz CT molecular complexity index is 1430. The number of benzene rings is 1. The van der Waals surface area contributed by atoms with E-state index in [1.165, 1.54) is 45.5 Å². The second-order valence-electron chi connectivity index (χ2n) is 9.05. The Morgan fingerprint density at radius 2 is 1.94 bits per heavy atom. The van der Waals surface area contributed by atoms with Crippen molar-refractivity contribution < 1.29 is 0 Å². The molecule has 7 heteroatoms. The SMILES string of the molecule is Cc1c(N2CCc3ncc(-c4ccccc4C4CC4)cc3C2)nc2nn(C)c(=O)n2c1C. The Hall–Kier alpha value is -3.48. The van der Waals surface area contributed by atoms with E-state index in [2.05, 4.69) is 40.3 Å². The molecule has 0 atom stereocenters. The van der Waals surface area contributed by atoms with Crippen molar-refractivity contribution in [2.24, 2.45) is 7.05 Å². The minimum atomic E-state index is -0.160. The van der Waals surface area contributed by atoms with Crippen molar-refractivity contribution in [1.29, 1.82) is 0 Å². The highest BCUT2D eigenvalue weighted by atomic mass is 16.2. The number of aryl methyl sites for hydroxylation is 2. The van der Waals surface area contributed by atoms with Gasteiger partial charge in [0.25, 0.3) is 5.78 Å². The number of anilines is 1. The van der Waals surface area contributed by atoms with Crippen LogP contribution in [0.4, 0.5) is 5.82 Å². The second kappa shape index (κ2) is 7.02. The number of rotatable bonds is 3. The maximum absolute atomic E-state index is 12.4. The normalized spacial score (nSPS) is 15.9. The van der Waals surface area contributed by atoms with Crippen LogP contribution in [-0.4, -0.2) is 30.7 Å². The zero-order valence-electron chi connectivity index (χ0n) is 18.7. The van der Waals surface area contributed by atoms with Crippen LogP contribution in [0.5, 0.6) is 0 Å². The highest BCUT2D eigenvalue weighted by molar-refractivity contribution is 5.69. The van der Waals surface area contributed by atoms with E-state index in [9.17, 15) is 4.79 Å². The highest BCUT2D eigenvalue weighted by Gasteiger charge is 2.27. The molecule has 1 aromatic carbocycles. The lowest BCUT2D eigenvalue weighted by Crippen LogP contribution is -2.33. The summed E-state index contributed by atoms with van der Waals surface area (Å²) < 4.78 is 2.93. The van der Waals surface area contributed by atoms with Crippen LogP contribution >= 0.6 is 0 Å². The average molecular weight is 427 g/mol. The van der Waals surface area contributed by atoms with Gasteiger partial charge in [0.15, 0.2) is 0 Å². The van der Waals surface area contributed by atoms with Crippen molar-refractivity contribution in [2.75, 3.05) is 11.4 Å². The number of aromatic nitrogens is 5. The lowest BCUT2D eigenvalue weighted by Gasteiger charge is -2.31. The molecule has 6 rings (SSSR count). The third kappa shape index (κ3) is 2.95. The van der Waals surface area contributed by atoms with E-state index in [0.29, 0.717) is 11.7 Å². The van der Waals surface area contributed by atoms with Crippen LogP contribution in [-0.2, 0) is 20.0 Å². The van der Waals surface area contributed by atoms with Gasteiger partial charge in [0, 0.05) is 55.3 Å². The van der Waals surface area contributed by atoms with Gasteiger partial charge in [-0.15, -0.1) is 5.10 Å².